The van der Waals surface area contributed by atoms with E-state index in [9.17, 15) is 18.0 Å². The molecule has 6 heteroatoms. The molecule has 1 aromatic heterocycles. The van der Waals surface area contributed by atoms with Crippen LogP contribution in [0.1, 0.15) is 23.4 Å². The van der Waals surface area contributed by atoms with E-state index in [4.69, 9.17) is 0 Å². The van der Waals surface area contributed by atoms with Crippen LogP contribution in [-0.4, -0.2) is 18.1 Å². The van der Waals surface area contributed by atoms with Crippen LogP contribution < -0.4 is 0 Å². The second-order valence-electron chi connectivity index (χ2n) is 3.15. The second kappa shape index (κ2) is 4.96. The van der Waals surface area contributed by atoms with Crippen LogP contribution in [0.5, 0.6) is 0 Å². The summed E-state index contributed by atoms with van der Waals surface area (Å²) in [7, 11) is 1.13. The zero-order chi connectivity index (χ0) is 12.3. The summed E-state index contributed by atoms with van der Waals surface area (Å²) in [6.45, 7) is 1.28. The van der Waals surface area contributed by atoms with Gasteiger partial charge in [-0.15, -0.1) is 0 Å². The first kappa shape index (κ1) is 12.5. The first-order valence-corrected chi connectivity index (χ1v) is 4.46. The molecule has 0 spiro atoms. The van der Waals surface area contributed by atoms with Gasteiger partial charge < -0.3 is 4.74 Å². The Morgan fingerprint density at radius 3 is 2.69 bits per heavy atom. The molecule has 0 aliphatic heterocycles. The number of aromatic nitrogens is 1. The molecule has 0 N–H and O–H groups in total. The molecule has 16 heavy (non-hydrogen) atoms. The van der Waals surface area contributed by atoms with E-state index in [2.05, 4.69) is 9.72 Å². The lowest BCUT2D eigenvalue weighted by Crippen LogP contribution is -2.10. The Morgan fingerprint density at radius 2 is 2.19 bits per heavy atom. The fraction of sp³-hybridized carbons (Fsp3) is 0.400. The number of hydrogen-bond donors (Lipinski definition) is 0. The normalized spacial score (nSPS) is 10.6. The molecule has 0 aliphatic rings. The molecule has 1 aromatic rings. The van der Waals surface area contributed by atoms with Crippen LogP contribution in [0.15, 0.2) is 6.07 Å². The summed E-state index contributed by atoms with van der Waals surface area (Å²) in [5.41, 5.74) is -0.849. The highest BCUT2D eigenvalue weighted by Crippen LogP contribution is 2.23. The molecule has 0 aromatic carbocycles. The highest BCUT2D eigenvalue weighted by atomic mass is 19.3. The maximum absolute atomic E-state index is 13.1. The van der Waals surface area contributed by atoms with Crippen LogP contribution >= 0.6 is 0 Å². The van der Waals surface area contributed by atoms with Crippen LogP contribution in [0, 0.1) is 12.7 Å². The van der Waals surface area contributed by atoms with Crippen molar-refractivity contribution in [3.05, 3.63) is 28.8 Å². The van der Waals surface area contributed by atoms with E-state index in [1.165, 1.54) is 6.92 Å². The van der Waals surface area contributed by atoms with Crippen molar-refractivity contribution in [2.24, 2.45) is 0 Å². The molecule has 0 bridgehead atoms. The lowest BCUT2D eigenvalue weighted by atomic mass is 10.1. The molecule has 0 fully saturated rings. The van der Waals surface area contributed by atoms with Gasteiger partial charge in [0.1, 0.15) is 11.5 Å². The molecule has 0 saturated carbocycles. The van der Waals surface area contributed by atoms with Gasteiger partial charge in [-0.2, -0.15) is 0 Å². The van der Waals surface area contributed by atoms with Gasteiger partial charge in [-0.05, 0) is 18.6 Å². The lowest BCUT2D eigenvalue weighted by molar-refractivity contribution is -0.139. The largest absolute Gasteiger partial charge is 0.469 e. The number of halogens is 3. The number of rotatable bonds is 3. The average molecular weight is 233 g/mol. The number of carbonyl (C=O) groups is 1. The number of hydrogen-bond acceptors (Lipinski definition) is 3. The van der Waals surface area contributed by atoms with Gasteiger partial charge in [0.25, 0.3) is 6.43 Å². The summed E-state index contributed by atoms with van der Waals surface area (Å²) in [6.07, 6.45) is -3.26. The Bertz CT molecular complexity index is 407. The van der Waals surface area contributed by atoms with Crippen molar-refractivity contribution in [2.45, 2.75) is 19.8 Å². The summed E-state index contributed by atoms with van der Waals surface area (Å²) in [5.74, 6) is -1.43. The van der Waals surface area contributed by atoms with Crippen LogP contribution in [0.2, 0.25) is 0 Å². The third-order valence-electron chi connectivity index (χ3n) is 2.03. The number of carbonyl (C=O) groups excluding carboxylic acids is 1. The molecule has 0 atom stereocenters. The van der Waals surface area contributed by atoms with Crippen molar-refractivity contribution in [1.82, 2.24) is 4.98 Å². The predicted octanol–water partition coefficient (Wildman–Crippen LogP) is 2.18. The summed E-state index contributed by atoms with van der Waals surface area (Å²) in [5, 5.41) is 0. The fourth-order valence-corrected chi connectivity index (χ4v) is 1.20. The van der Waals surface area contributed by atoms with Gasteiger partial charge in [0.15, 0.2) is 0 Å². The van der Waals surface area contributed by atoms with Gasteiger partial charge in [0, 0.05) is 0 Å². The Labute approximate surface area is 90.2 Å². The van der Waals surface area contributed by atoms with Crippen LogP contribution in [0.3, 0.4) is 0 Å². The molecular weight excluding hydrogens is 223 g/mol. The monoisotopic (exact) mass is 233 g/mol. The zero-order valence-corrected chi connectivity index (χ0v) is 8.76. The fourth-order valence-electron chi connectivity index (χ4n) is 1.20. The minimum atomic E-state index is -2.85. The van der Waals surface area contributed by atoms with Crippen LogP contribution in [0.4, 0.5) is 13.2 Å². The van der Waals surface area contributed by atoms with Crippen molar-refractivity contribution in [1.29, 1.82) is 0 Å². The summed E-state index contributed by atoms with van der Waals surface area (Å²) < 4.78 is 42.6. The zero-order valence-electron chi connectivity index (χ0n) is 8.76. The van der Waals surface area contributed by atoms with Crippen molar-refractivity contribution in [2.75, 3.05) is 7.11 Å². The van der Waals surface area contributed by atoms with Gasteiger partial charge >= 0.3 is 5.97 Å². The van der Waals surface area contributed by atoms with Crippen LogP contribution in [0.25, 0.3) is 0 Å². The minimum Gasteiger partial charge on any atom is -0.469 e. The smallest absolute Gasteiger partial charge is 0.310 e. The van der Waals surface area contributed by atoms with E-state index in [0.29, 0.717) is 0 Å². The SMILES string of the molecule is COC(=O)Cc1cc(F)c(C)nc1C(F)F. The van der Waals surface area contributed by atoms with E-state index in [1.54, 1.807) is 0 Å². The first-order valence-electron chi connectivity index (χ1n) is 4.46. The number of nitrogens with zero attached hydrogens (tertiary/aromatic N) is 1. The van der Waals surface area contributed by atoms with Gasteiger partial charge in [0.2, 0.25) is 0 Å². The minimum absolute atomic E-state index is 0.121. The molecule has 1 heterocycles. The number of alkyl halides is 2. The second-order valence-corrected chi connectivity index (χ2v) is 3.15. The summed E-state index contributed by atoms with van der Waals surface area (Å²) in [6, 6.07) is 0.890. The Balaban J connectivity index is 3.14. The molecule has 0 aliphatic carbocycles. The molecule has 0 saturated heterocycles. The highest BCUT2D eigenvalue weighted by molar-refractivity contribution is 5.72. The topological polar surface area (TPSA) is 39.2 Å². The standard InChI is InChI=1S/C10H10F3NO2/c1-5-7(11)3-6(4-8(15)16-2)9(14-5)10(12)13/h3,10H,4H2,1-2H3. The maximum atomic E-state index is 13.1. The molecule has 0 amide bonds. The number of esters is 1. The predicted molar refractivity (Wildman–Crippen MR) is 49.6 cm³/mol. The van der Waals surface area contributed by atoms with Crippen molar-refractivity contribution in [3.63, 3.8) is 0 Å². The number of methoxy groups -OCH3 is 1. The van der Waals surface area contributed by atoms with E-state index in [-0.39, 0.29) is 11.3 Å². The Kier molecular flexibility index (Phi) is 3.87. The third kappa shape index (κ3) is 2.71. The molecule has 1 rings (SSSR count). The highest BCUT2D eigenvalue weighted by Gasteiger charge is 2.19. The molecule has 0 unspecified atom stereocenters. The summed E-state index contributed by atoms with van der Waals surface area (Å²) in [4.78, 5) is 14.4. The van der Waals surface area contributed by atoms with E-state index in [1.807, 2.05) is 0 Å². The Hall–Kier alpha value is -1.59. The van der Waals surface area contributed by atoms with Gasteiger partial charge in [-0.1, -0.05) is 0 Å². The summed E-state index contributed by atoms with van der Waals surface area (Å²) >= 11 is 0. The van der Waals surface area contributed by atoms with Gasteiger partial charge in [-0.25, -0.2) is 18.2 Å². The van der Waals surface area contributed by atoms with E-state index < -0.39 is 30.3 Å². The van der Waals surface area contributed by atoms with E-state index >= 15 is 0 Å². The van der Waals surface area contributed by atoms with Crippen LogP contribution in [-0.2, 0) is 16.0 Å². The molecule has 88 valence electrons. The Morgan fingerprint density at radius 1 is 1.56 bits per heavy atom. The maximum Gasteiger partial charge on any atom is 0.310 e. The molecule has 3 nitrogen and oxygen atoms in total. The average Bonchev–Trinajstić information content (AvgIpc) is 2.22. The van der Waals surface area contributed by atoms with Gasteiger partial charge in [0.05, 0.1) is 19.2 Å². The first-order chi connectivity index (χ1) is 7.45. The van der Waals surface area contributed by atoms with Crippen molar-refractivity contribution in [3.8, 4) is 0 Å². The van der Waals surface area contributed by atoms with Crippen molar-refractivity contribution >= 4 is 5.97 Å². The molecular formula is C10H10F3NO2. The number of ether oxygens (including phenoxy) is 1. The molecule has 0 radical (unpaired) electrons. The van der Waals surface area contributed by atoms with Gasteiger partial charge in [-0.3, -0.25) is 4.79 Å². The quantitative estimate of drug-likeness (QED) is 0.751. The van der Waals surface area contributed by atoms with E-state index in [0.717, 1.165) is 13.2 Å². The number of pyridine rings is 1. The van der Waals surface area contributed by atoms with Crippen molar-refractivity contribution < 1.29 is 22.7 Å². The lowest BCUT2D eigenvalue weighted by Gasteiger charge is -2.08. The number of aryl methyl sites for hydroxylation is 1. The third-order valence-corrected chi connectivity index (χ3v) is 2.03.